The van der Waals surface area contributed by atoms with Crippen molar-refractivity contribution in [2.24, 2.45) is 0 Å². The molecule has 12 nitrogen and oxygen atoms in total. The Hall–Kier alpha value is -3.61. The average molecular weight is 519 g/mol. The molecule has 4 rings (SSSR count). The number of ether oxygens (including phenoxy) is 6. The van der Waals surface area contributed by atoms with Gasteiger partial charge in [0.25, 0.3) is 5.69 Å². The van der Waals surface area contributed by atoms with Gasteiger partial charge in [-0.2, -0.15) is 0 Å². The fourth-order valence-electron chi connectivity index (χ4n) is 5.04. The molecule has 0 amide bonds. The summed E-state index contributed by atoms with van der Waals surface area (Å²) >= 11 is 0. The summed E-state index contributed by atoms with van der Waals surface area (Å²) in [4.78, 5) is 25.2. The zero-order chi connectivity index (χ0) is 26.9. The van der Waals surface area contributed by atoms with Crippen molar-refractivity contribution in [3.05, 3.63) is 57.6 Å². The van der Waals surface area contributed by atoms with Crippen LogP contribution >= 0.6 is 0 Å². The van der Waals surface area contributed by atoms with Crippen molar-refractivity contribution in [2.45, 2.75) is 50.5 Å². The number of carbonyl (C=O) groups excluding carboxylic acids is 1. The quantitative estimate of drug-likeness (QED) is 0.238. The maximum absolute atomic E-state index is 12.4. The van der Waals surface area contributed by atoms with E-state index in [0.717, 1.165) is 5.56 Å². The lowest BCUT2D eigenvalue weighted by Crippen LogP contribution is -2.63. The van der Waals surface area contributed by atoms with E-state index in [1.165, 1.54) is 32.4 Å². The fourth-order valence-corrected chi connectivity index (χ4v) is 5.04. The Balaban J connectivity index is 1.91. The monoisotopic (exact) mass is 518 g/mol. The molecule has 0 radical (unpaired) electrons. The SMILES string of the molecule is CCOC(=O)O[C@@H]1Cc2cc(OC)ccc2N1[C@H]1c2cc([N+](=O)[O-])ccc2O[C@@](C)(C(OC)OC)[C@@H]1O. The number of carbonyl (C=O) groups is 1. The van der Waals surface area contributed by atoms with Gasteiger partial charge in [0.2, 0.25) is 0 Å². The molecule has 2 aliphatic rings. The summed E-state index contributed by atoms with van der Waals surface area (Å²) in [6.07, 6.45) is -3.88. The number of aliphatic hydroxyl groups excluding tert-OH is 1. The lowest BCUT2D eigenvalue weighted by atomic mass is 9.83. The highest BCUT2D eigenvalue weighted by Gasteiger charge is 2.56. The topological polar surface area (TPSA) is 139 Å². The van der Waals surface area contributed by atoms with E-state index in [2.05, 4.69) is 0 Å². The highest BCUT2D eigenvalue weighted by Crippen LogP contribution is 2.50. The number of hydrogen-bond donors (Lipinski definition) is 1. The van der Waals surface area contributed by atoms with Crippen LogP contribution < -0.4 is 14.4 Å². The van der Waals surface area contributed by atoms with E-state index in [1.54, 1.807) is 38.0 Å². The predicted octanol–water partition coefficient (Wildman–Crippen LogP) is 3.34. The molecule has 2 aliphatic heterocycles. The van der Waals surface area contributed by atoms with Gasteiger partial charge in [-0.1, -0.05) is 0 Å². The zero-order valence-electron chi connectivity index (χ0n) is 21.2. The first-order valence-corrected chi connectivity index (χ1v) is 11.7. The number of benzene rings is 2. The summed E-state index contributed by atoms with van der Waals surface area (Å²) < 4.78 is 33.2. The van der Waals surface area contributed by atoms with E-state index in [4.69, 9.17) is 28.4 Å². The van der Waals surface area contributed by atoms with E-state index in [1.807, 2.05) is 6.07 Å². The largest absolute Gasteiger partial charge is 0.510 e. The van der Waals surface area contributed by atoms with E-state index in [0.29, 0.717) is 22.7 Å². The van der Waals surface area contributed by atoms with Crippen LogP contribution in [0.3, 0.4) is 0 Å². The van der Waals surface area contributed by atoms with Crippen molar-refractivity contribution in [3.63, 3.8) is 0 Å². The Labute approximate surface area is 213 Å². The Morgan fingerprint density at radius 2 is 1.97 bits per heavy atom. The van der Waals surface area contributed by atoms with Crippen molar-refractivity contribution in [3.8, 4) is 11.5 Å². The maximum atomic E-state index is 12.4. The highest BCUT2D eigenvalue weighted by molar-refractivity contribution is 5.67. The molecule has 1 N–H and O–H groups in total. The molecule has 2 aromatic carbocycles. The molecule has 200 valence electrons. The van der Waals surface area contributed by atoms with Crippen LogP contribution in [-0.2, 0) is 25.4 Å². The Kier molecular flexibility index (Phi) is 7.44. The normalized spacial score (nSPS) is 24.2. The lowest BCUT2D eigenvalue weighted by Gasteiger charge is -2.50. The maximum Gasteiger partial charge on any atom is 0.510 e. The number of fused-ring (bicyclic) bond motifs is 2. The Morgan fingerprint density at radius 3 is 2.59 bits per heavy atom. The van der Waals surface area contributed by atoms with Crippen LogP contribution in [0.5, 0.6) is 11.5 Å². The second kappa shape index (κ2) is 10.4. The van der Waals surface area contributed by atoms with Gasteiger partial charge in [-0.15, -0.1) is 0 Å². The molecule has 0 saturated heterocycles. The fraction of sp³-hybridized carbons (Fsp3) is 0.480. The first-order chi connectivity index (χ1) is 17.7. The first kappa shape index (κ1) is 26.5. The second-order valence-corrected chi connectivity index (χ2v) is 8.82. The minimum absolute atomic E-state index is 0.114. The van der Waals surface area contributed by atoms with Gasteiger partial charge in [0, 0.05) is 44.0 Å². The second-order valence-electron chi connectivity index (χ2n) is 8.82. The van der Waals surface area contributed by atoms with Crippen LogP contribution in [0.15, 0.2) is 36.4 Å². The van der Waals surface area contributed by atoms with Gasteiger partial charge in [-0.3, -0.25) is 10.1 Å². The molecule has 4 atom stereocenters. The summed E-state index contributed by atoms with van der Waals surface area (Å²) in [6, 6.07) is 8.50. The van der Waals surface area contributed by atoms with Crippen LogP contribution in [0.2, 0.25) is 0 Å². The first-order valence-electron chi connectivity index (χ1n) is 11.7. The van der Waals surface area contributed by atoms with Gasteiger partial charge in [-0.25, -0.2) is 4.79 Å². The number of anilines is 1. The standard InChI is InChI=1S/C25H30N2O10/c1-6-35-24(29)36-20-12-14-11-16(32-3)8-9-18(14)26(20)21-17-13-15(27(30)31)7-10-19(17)37-25(2,22(21)28)23(33-4)34-5/h7-11,13,20-23,28H,6,12H2,1-5H3/t20-,21+,22-,25-/m1/s1. The van der Waals surface area contributed by atoms with Gasteiger partial charge in [0.15, 0.2) is 18.1 Å². The van der Waals surface area contributed by atoms with Crippen LogP contribution in [0, 0.1) is 10.1 Å². The predicted molar refractivity (Wildman–Crippen MR) is 130 cm³/mol. The molecule has 0 bridgehead atoms. The molecule has 0 fully saturated rings. The number of nitro groups is 1. The number of nitro benzene ring substituents is 1. The van der Waals surface area contributed by atoms with Gasteiger partial charge < -0.3 is 38.4 Å². The molecule has 0 unspecified atom stereocenters. The highest BCUT2D eigenvalue weighted by atomic mass is 16.7. The third-order valence-corrected chi connectivity index (χ3v) is 6.70. The molecule has 37 heavy (non-hydrogen) atoms. The molecule has 0 aromatic heterocycles. The van der Waals surface area contributed by atoms with E-state index < -0.39 is 41.3 Å². The lowest BCUT2D eigenvalue weighted by molar-refractivity contribution is -0.385. The van der Waals surface area contributed by atoms with Gasteiger partial charge in [0.05, 0.1) is 24.7 Å². The number of nitrogens with zero attached hydrogens (tertiary/aromatic N) is 2. The van der Waals surface area contributed by atoms with Crippen molar-refractivity contribution in [1.29, 1.82) is 0 Å². The third-order valence-electron chi connectivity index (χ3n) is 6.70. The van der Waals surface area contributed by atoms with Crippen LogP contribution in [0.25, 0.3) is 0 Å². The molecule has 2 aromatic rings. The van der Waals surface area contributed by atoms with Gasteiger partial charge in [-0.05, 0) is 43.7 Å². The minimum atomic E-state index is -1.44. The van der Waals surface area contributed by atoms with Crippen molar-refractivity contribution in [2.75, 3.05) is 32.8 Å². The summed E-state index contributed by atoms with van der Waals surface area (Å²) in [5, 5.41) is 23.5. The Morgan fingerprint density at radius 1 is 1.24 bits per heavy atom. The summed E-state index contributed by atoms with van der Waals surface area (Å²) in [5.74, 6) is 0.891. The van der Waals surface area contributed by atoms with Crippen LogP contribution in [0.4, 0.5) is 16.2 Å². The number of aliphatic hydroxyl groups is 1. The summed E-state index contributed by atoms with van der Waals surface area (Å²) in [5.41, 5.74) is 0.144. The molecule has 2 heterocycles. The van der Waals surface area contributed by atoms with E-state index in [9.17, 15) is 20.0 Å². The Bertz CT molecular complexity index is 1170. The molecule has 0 aliphatic carbocycles. The molecule has 0 spiro atoms. The number of rotatable bonds is 8. The van der Waals surface area contributed by atoms with Crippen LogP contribution in [-0.4, -0.2) is 68.3 Å². The number of hydrogen-bond acceptors (Lipinski definition) is 11. The van der Waals surface area contributed by atoms with Crippen molar-refractivity contribution < 1.29 is 43.2 Å². The van der Waals surface area contributed by atoms with Crippen molar-refractivity contribution in [1.82, 2.24) is 0 Å². The third kappa shape index (κ3) is 4.63. The molecule has 0 saturated carbocycles. The molecule has 12 heteroatoms. The van der Waals surface area contributed by atoms with Crippen LogP contribution in [0.1, 0.15) is 31.0 Å². The summed E-state index contributed by atoms with van der Waals surface area (Å²) in [7, 11) is 4.37. The number of non-ortho nitro benzene ring substituents is 1. The average Bonchev–Trinajstić information content (AvgIpc) is 3.21. The smallest absolute Gasteiger partial charge is 0.497 e. The summed E-state index contributed by atoms with van der Waals surface area (Å²) in [6.45, 7) is 3.40. The van der Waals surface area contributed by atoms with Gasteiger partial charge >= 0.3 is 6.16 Å². The molecular formula is C25H30N2O10. The molecular weight excluding hydrogens is 488 g/mol. The van der Waals surface area contributed by atoms with E-state index >= 15 is 0 Å². The number of methoxy groups -OCH3 is 3. The van der Waals surface area contributed by atoms with E-state index in [-0.39, 0.29) is 18.7 Å². The van der Waals surface area contributed by atoms with Crippen molar-refractivity contribution >= 4 is 17.5 Å². The minimum Gasteiger partial charge on any atom is -0.497 e. The van der Waals surface area contributed by atoms with Gasteiger partial charge in [0.1, 0.15) is 17.6 Å². The zero-order valence-corrected chi connectivity index (χ0v) is 21.2.